The molecular formula is C19H16BrN3O. The van der Waals surface area contributed by atoms with Crippen molar-refractivity contribution in [2.24, 2.45) is 0 Å². The predicted molar refractivity (Wildman–Crippen MR) is 95.8 cm³/mol. The Morgan fingerprint density at radius 3 is 2.92 bits per heavy atom. The average molecular weight is 382 g/mol. The van der Waals surface area contributed by atoms with Gasteiger partial charge in [0.05, 0.1) is 11.7 Å². The Balaban J connectivity index is 1.80. The van der Waals surface area contributed by atoms with Gasteiger partial charge in [-0.15, -0.1) is 0 Å². The second-order valence-corrected chi connectivity index (χ2v) is 6.48. The summed E-state index contributed by atoms with van der Waals surface area (Å²) in [5.74, 6) is -0.360. The van der Waals surface area contributed by atoms with Gasteiger partial charge in [0.25, 0.3) is 5.91 Å². The molecule has 4 nitrogen and oxygen atoms in total. The number of benzene rings is 1. The second kappa shape index (κ2) is 7.41. The summed E-state index contributed by atoms with van der Waals surface area (Å²) in [7, 11) is 0. The Kier molecular flexibility index (Phi) is 5.07. The molecule has 1 aliphatic carbocycles. The second-order valence-electron chi connectivity index (χ2n) is 5.67. The number of nitrogens with one attached hydrogen (secondary N) is 1. The lowest BCUT2D eigenvalue weighted by molar-refractivity contribution is -0.117. The largest absolute Gasteiger partial charge is 0.345 e. The van der Waals surface area contributed by atoms with Crippen LogP contribution in [0, 0.1) is 11.3 Å². The van der Waals surface area contributed by atoms with E-state index < -0.39 is 0 Å². The number of carbonyl (C=O) groups is 1. The number of amides is 1. The molecule has 0 spiro atoms. The van der Waals surface area contributed by atoms with Crippen molar-refractivity contribution in [1.29, 1.82) is 5.26 Å². The van der Waals surface area contributed by atoms with Crippen molar-refractivity contribution in [3.05, 3.63) is 69.5 Å². The molecule has 2 aromatic rings. The first-order valence-electron chi connectivity index (χ1n) is 7.80. The molecule has 1 aliphatic rings. The van der Waals surface area contributed by atoms with Crippen molar-refractivity contribution in [3.8, 4) is 6.07 Å². The van der Waals surface area contributed by atoms with E-state index >= 15 is 0 Å². The third-order valence-corrected chi connectivity index (χ3v) is 4.51. The van der Waals surface area contributed by atoms with Crippen LogP contribution in [0.5, 0.6) is 0 Å². The van der Waals surface area contributed by atoms with Gasteiger partial charge in [0, 0.05) is 0 Å². The summed E-state index contributed by atoms with van der Waals surface area (Å²) in [4.78, 5) is 16.7. The molecule has 0 unspecified atom stereocenters. The highest BCUT2D eigenvalue weighted by molar-refractivity contribution is 9.10. The summed E-state index contributed by atoms with van der Waals surface area (Å²) in [5, 5.41) is 12.3. The molecule has 1 N–H and O–H groups in total. The van der Waals surface area contributed by atoms with Gasteiger partial charge in [-0.2, -0.15) is 5.26 Å². The first-order chi connectivity index (χ1) is 11.7. The van der Waals surface area contributed by atoms with E-state index in [2.05, 4.69) is 32.3 Å². The summed E-state index contributed by atoms with van der Waals surface area (Å²) in [6.45, 7) is 0. The van der Waals surface area contributed by atoms with Gasteiger partial charge in [0.2, 0.25) is 0 Å². The van der Waals surface area contributed by atoms with Gasteiger partial charge in [-0.05, 0) is 64.5 Å². The number of aryl methyl sites for hydroxylation is 1. The number of carbonyl (C=O) groups excluding carboxylic acids is 1. The summed E-state index contributed by atoms with van der Waals surface area (Å²) < 4.78 is 0.662. The average Bonchev–Trinajstić information content (AvgIpc) is 2.60. The van der Waals surface area contributed by atoms with E-state index in [9.17, 15) is 10.1 Å². The lowest BCUT2D eigenvalue weighted by atomic mass is 9.87. The van der Waals surface area contributed by atoms with Crippen molar-refractivity contribution >= 4 is 27.9 Å². The van der Waals surface area contributed by atoms with Gasteiger partial charge in [-0.1, -0.05) is 30.3 Å². The molecule has 0 saturated carbocycles. The lowest BCUT2D eigenvalue weighted by Crippen LogP contribution is -2.31. The quantitative estimate of drug-likeness (QED) is 0.497. The van der Waals surface area contributed by atoms with Gasteiger partial charge < -0.3 is 5.32 Å². The van der Waals surface area contributed by atoms with Crippen molar-refractivity contribution in [2.75, 3.05) is 0 Å². The number of nitriles is 1. The minimum Gasteiger partial charge on any atom is -0.345 e. The van der Waals surface area contributed by atoms with Crippen LogP contribution in [0.25, 0.3) is 6.08 Å². The van der Waals surface area contributed by atoms with Crippen molar-refractivity contribution in [2.45, 2.75) is 25.3 Å². The van der Waals surface area contributed by atoms with E-state index in [-0.39, 0.29) is 17.5 Å². The maximum absolute atomic E-state index is 12.5. The Hall–Kier alpha value is -2.45. The van der Waals surface area contributed by atoms with Gasteiger partial charge in [0.15, 0.2) is 0 Å². The minimum atomic E-state index is -0.360. The van der Waals surface area contributed by atoms with E-state index in [0.29, 0.717) is 10.3 Å². The fourth-order valence-corrected chi connectivity index (χ4v) is 3.30. The Labute approximate surface area is 149 Å². The molecule has 24 heavy (non-hydrogen) atoms. The number of halogens is 1. The van der Waals surface area contributed by atoms with Crippen molar-refractivity contribution < 1.29 is 4.79 Å². The van der Waals surface area contributed by atoms with Crippen LogP contribution in [-0.4, -0.2) is 10.9 Å². The van der Waals surface area contributed by atoms with Crippen LogP contribution in [-0.2, 0) is 11.2 Å². The Morgan fingerprint density at radius 2 is 2.12 bits per heavy atom. The van der Waals surface area contributed by atoms with E-state index in [0.717, 1.165) is 24.8 Å². The van der Waals surface area contributed by atoms with Gasteiger partial charge in [-0.25, -0.2) is 4.98 Å². The van der Waals surface area contributed by atoms with Crippen LogP contribution in [0.3, 0.4) is 0 Å². The minimum absolute atomic E-state index is 0.0466. The fraction of sp³-hybridized carbons (Fsp3) is 0.211. The highest BCUT2D eigenvalue weighted by Gasteiger charge is 2.22. The Bertz CT molecular complexity index is 839. The molecule has 0 radical (unpaired) electrons. The molecule has 1 atom stereocenters. The summed E-state index contributed by atoms with van der Waals surface area (Å²) in [6.07, 6.45) is 4.46. The maximum atomic E-state index is 12.5. The standard InChI is InChI=1S/C19H16BrN3O/c20-18-10-4-7-15(22-18)11-14(12-21)19(24)23-17-9-3-6-13-5-1-2-8-16(13)17/h1-2,4-5,7-8,10-11,17H,3,6,9H2,(H,23,24)/b14-11+/t17-/m1/s1. The molecule has 120 valence electrons. The van der Waals surface area contributed by atoms with Gasteiger partial charge >= 0.3 is 0 Å². The van der Waals surface area contributed by atoms with Crippen molar-refractivity contribution in [3.63, 3.8) is 0 Å². The highest BCUT2D eigenvalue weighted by atomic mass is 79.9. The van der Waals surface area contributed by atoms with Gasteiger partial charge in [-0.3, -0.25) is 4.79 Å². The van der Waals surface area contributed by atoms with Crippen LogP contribution in [0.4, 0.5) is 0 Å². The third-order valence-electron chi connectivity index (χ3n) is 4.07. The molecule has 1 aromatic heterocycles. The predicted octanol–water partition coefficient (Wildman–Crippen LogP) is 3.94. The maximum Gasteiger partial charge on any atom is 0.262 e. The summed E-state index contributed by atoms with van der Waals surface area (Å²) >= 11 is 3.28. The Morgan fingerprint density at radius 1 is 1.29 bits per heavy atom. The number of pyridine rings is 1. The smallest absolute Gasteiger partial charge is 0.262 e. The number of hydrogen-bond acceptors (Lipinski definition) is 3. The van der Waals surface area contributed by atoms with Crippen LogP contribution in [0.2, 0.25) is 0 Å². The molecule has 0 aliphatic heterocycles. The van der Waals surface area contributed by atoms with Crippen LogP contribution in [0.1, 0.15) is 35.7 Å². The van der Waals surface area contributed by atoms with E-state index in [1.54, 1.807) is 12.1 Å². The summed E-state index contributed by atoms with van der Waals surface area (Å²) in [5.41, 5.74) is 3.05. The normalized spacial score (nSPS) is 16.8. The highest BCUT2D eigenvalue weighted by Crippen LogP contribution is 2.29. The molecule has 3 rings (SSSR count). The number of hydrogen-bond donors (Lipinski definition) is 1. The lowest BCUT2D eigenvalue weighted by Gasteiger charge is -2.26. The van der Waals surface area contributed by atoms with E-state index in [1.807, 2.05) is 30.3 Å². The van der Waals surface area contributed by atoms with Crippen LogP contribution < -0.4 is 5.32 Å². The first-order valence-corrected chi connectivity index (χ1v) is 8.59. The molecule has 1 aromatic carbocycles. The molecule has 5 heteroatoms. The van der Waals surface area contributed by atoms with Gasteiger partial charge in [0.1, 0.15) is 16.2 Å². The monoisotopic (exact) mass is 381 g/mol. The SMILES string of the molecule is N#C/C(=C\c1cccc(Br)n1)C(=O)N[C@@H]1CCCc2ccccc21. The molecule has 0 bridgehead atoms. The van der Waals surface area contributed by atoms with Crippen LogP contribution >= 0.6 is 15.9 Å². The molecule has 0 fully saturated rings. The first kappa shape index (κ1) is 16.4. The number of nitrogens with zero attached hydrogens (tertiary/aromatic N) is 2. The molecular weight excluding hydrogens is 366 g/mol. The zero-order valence-electron chi connectivity index (χ0n) is 13.0. The number of fused-ring (bicyclic) bond motifs is 1. The zero-order valence-corrected chi connectivity index (χ0v) is 14.6. The topological polar surface area (TPSA) is 65.8 Å². The molecule has 1 heterocycles. The molecule has 0 saturated heterocycles. The van der Waals surface area contributed by atoms with Crippen molar-refractivity contribution in [1.82, 2.24) is 10.3 Å². The van der Waals surface area contributed by atoms with Crippen LogP contribution in [0.15, 0.2) is 52.6 Å². The third kappa shape index (κ3) is 3.72. The summed E-state index contributed by atoms with van der Waals surface area (Å²) in [6, 6.07) is 15.4. The number of rotatable bonds is 3. The number of aromatic nitrogens is 1. The zero-order chi connectivity index (χ0) is 16.9. The van der Waals surface area contributed by atoms with E-state index in [1.165, 1.54) is 11.6 Å². The van der Waals surface area contributed by atoms with E-state index in [4.69, 9.17) is 0 Å². The fourth-order valence-electron chi connectivity index (χ4n) is 2.94. The molecule has 1 amide bonds.